The van der Waals surface area contributed by atoms with Crippen molar-refractivity contribution in [2.45, 2.75) is 4.83 Å². The maximum atomic E-state index is 11.1. The fraction of sp³-hybridized carbons (Fsp3) is 0.222. The van der Waals surface area contributed by atoms with Crippen LogP contribution in [0.1, 0.15) is 10.4 Å². The summed E-state index contributed by atoms with van der Waals surface area (Å²) < 4.78 is 0. The summed E-state index contributed by atoms with van der Waals surface area (Å²) >= 11 is 8.69. The summed E-state index contributed by atoms with van der Waals surface area (Å²) in [7, 11) is 0. The molecule has 1 nitrogen and oxygen atoms in total. The molecule has 0 radical (unpaired) electrons. The van der Waals surface area contributed by atoms with Crippen LogP contribution in [0.15, 0.2) is 30.3 Å². The SMILES string of the molecule is O=C(CCl)C(Br)c1ccccc1. The number of carbonyl (C=O) groups excluding carboxylic acids is 1. The highest BCUT2D eigenvalue weighted by atomic mass is 79.9. The Bertz CT molecular complexity index is 260. The minimum atomic E-state index is -0.267. The predicted molar refractivity (Wildman–Crippen MR) is 53.8 cm³/mol. The molecule has 12 heavy (non-hydrogen) atoms. The van der Waals surface area contributed by atoms with Crippen molar-refractivity contribution in [1.29, 1.82) is 0 Å². The van der Waals surface area contributed by atoms with Gasteiger partial charge >= 0.3 is 0 Å². The van der Waals surface area contributed by atoms with E-state index in [2.05, 4.69) is 15.9 Å². The van der Waals surface area contributed by atoms with Gasteiger partial charge in [-0.2, -0.15) is 0 Å². The van der Waals surface area contributed by atoms with Gasteiger partial charge in [0.05, 0.1) is 10.7 Å². The van der Waals surface area contributed by atoms with Crippen LogP contribution in [0.25, 0.3) is 0 Å². The van der Waals surface area contributed by atoms with Gasteiger partial charge < -0.3 is 0 Å². The van der Waals surface area contributed by atoms with Gasteiger partial charge in [-0.3, -0.25) is 4.79 Å². The molecule has 3 heteroatoms. The Balaban J connectivity index is 2.78. The van der Waals surface area contributed by atoms with Crippen LogP contribution in [0, 0.1) is 0 Å². The van der Waals surface area contributed by atoms with Gasteiger partial charge in [0.2, 0.25) is 0 Å². The van der Waals surface area contributed by atoms with E-state index >= 15 is 0 Å². The molecule has 1 aromatic rings. The number of alkyl halides is 2. The fourth-order valence-corrected chi connectivity index (χ4v) is 1.68. The molecule has 0 aromatic heterocycles. The van der Waals surface area contributed by atoms with Gasteiger partial charge in [0.25, 0.3) is 0 Å². The van der Waals surface area contributed by atoms with Crippen molar-refractivity contribution in [1.82, 2.24) is 0 Å². The first-order valence-electron chi connectivity index (χ1n) is 3.53. The van der Waals surface area contributed by atoms with Crippen LogP contribution in [0.5, 0.6) is 0 Å². The van der Waals surface area contributed by atoms with E-state index in [4.69, 9.17) is 11.6 Å². The summed E-state index contributed by atoms with van der Waals surface area (Å²) in [6.45, 7) is 0. The standard InChI is InChI=1S/C9H8BrClO/c10-9(8(12)6-11)7-4-2-1-3-5-7/h1-5,9H,6H2. The zero-order valence-corrected chi connectivity index (χ0v) is 8.68. The van der Waals surface area contributed by atoms with Crippen LogP contribution in [0.4, 0.5) is 0 Å². The molecule has 0 N–H and O–H groups in total. The maximum absolute atomic E-state index is 11.1. The van der Waals surface area contributed by atoms with Gasteiger partial charge in [0.15, 0.2) is 5.78 Å². The first kappa shape index (κ1) is 9.75. The van der Waals surface area contributed by atoms with Crippen molar-refractivity contribution in [2.24, 2.45) is 0 Å². The summed E-state index contributed by atoms with van der Waals surface area (Å²) in [4.78, 5) is 10.9. The maximum Gasteiger partial charge on any atom is 0.165 e. The molecule has 1 aromatic carbocycles. The second kappa shape index (κ2) is 4.63. The quantitative estimate of drug-likeness (QED) is 0.751. The number of benzene rings is 1. The van der Waals surface area contributed by atoms with Gasteiger partial charge in [-0.25, -0.2) is 0 Å². The highest BCUT2D eigenvalue weighted by Crippen LogP contribution is 2.23. The Morgan fingerprint density at radius 1 is 1.42 bits per heavy atom. The summed E-state index contributed by atoms with van der Waals surface area (Å²) in [6.07, 6.45) is 0. The number of rotatable bonds is 3. The van der Waals surface area contributed by atoms with Gasteiger partial charge in [-0.1, -0.05) is 46.3 Å². The molecule has 0 aliphatic carbocycles. The molecule has 1 unspecified atom stereocenters. The van der Waals surface area contributed by atoms with Gasteiger partial charge in [0, 0.05) is 0 Å². The van der Waals surface area contributed by atoms with E-state index in [9.17, 15) is 4.79 Å². The van der Waals surface area contributed by atoms with Crippen LogP contribution in [0.3, 0.4) is 0 Å². The van der Waals surface area contributed by atoms with E-state index in [1.54, 1.807) is 0 Å². The summed E-state index contributed by atoms with van der Waals surface area (Å²) in [5.41, 5.74) is 0.947. The Hall–Kier alpha value is -0.340. The third kappa shape index (κ3) is 2.32. The van der Waals surface area contributed by atoms with E-state index in [-0.39, 0.29) is 16.5 Å². The molecule has 64 valence electrons. The second-order valence-electron chi connectivity index (χ2n) is 2.37. The predicted octanol–water partition coefficient (Wildman–Crippen LogP) is 2.93. The molecule has 0 fully saturated rings. The highest BCUT2D eigenvalue weighted by molar-refractivity contribution is 9.09. The number of carbonyl (C=O) groups is 1. The van der Waals surface area contributed by atoms with Crippen molar-refractivity contribution < 1.29 is 4.79 Å². The van der Waals surface area contributed by atoms with Crippen LogP contribution in [-0.2, 0) is 4.79 Å². The lowest BCUT2D eigenvalue weighted by molar-refractivity contribution is -0.116. The van der Waals surface area contributed by atoms with Crippen molar-refractivity contribution in [3.05, 3.63) is 35.9 Å². The second-order valence-corrected chi connectivity index (χ2v) is 3.56. The zero-order valence-electron chi connectivity index (χ0n) is 6.34. The average molecular weight is 248 g/mol. The Kier molecular flexibility index (Phi) is 3.76. The van der Waals surface area contributed by atoms with E-state index in [1.165, 1.54) is 0 Å². The number of ketones is 1. The summed E-state index contributed by atoms with van der Waals surface area (Å²) in [5.74, 6) is 0.0352. The van der Waals surface area contributed by atoms with Crippen molar-refractivity contribution in [3.8, 4) is 0 Å². The van der Waals surface area contributed by atoms with Crippen molar-refractivity contribution >= 4 is 33.3 Å². The molecule has 0 aliphatic heterocycles. The minimum Gasteiger partial charge on any atom is -0.297 e. The van der Waals surface area contributed by atoms with Gasteiger partial charge in [-0.15, -0.1) is 11.6 Å². The number of hydrogen-bond donors (Lipinski definition) is 0. The summed E-state index contributed by atoms with van der Waals surface area (Å²) in [5, 5.41) is 0. The Morgan fingerprint density at radius 3 is 2.50 bits per heavy atom. The van der Waals surface area contributed by atoms with E-state index in [1.807, 2.05) is 30.3 Å². The molecule has 0 amide bonds. The first-order valence-corrected chi connectivity index (χ1v) is 4.98. The van der Waals surface area contributed by atoms with Crippen LogP contribution < -0.4 is 0 Å². The topological polar surface area (TPSA) is 17.1 Å². The Labute approximate surface area is 84.9 Å². The normalized spacial score (nSPS) is 12.5. The molecular formula is C9H8BrClO. The molecule has 1 atom stereocenters. The van der Waals surface area contributed by atoms with Crippen LogP contribution >= 0.6 is 27.5 Å². The lowest BCUT2D eigenvalue weighted by Gasteiger charge is -2.05. The first-order chi connectivity index (χ1) is 5.75. The number of Topliss-reactive ketones (excluding diaryl/α,β-unsaturated/α-hetero) is 1. The lowest BCUT2D eigenvalue weighted by Crippen LogP contribution is -2.07. The lowest BCUT2D eigenvalue weighted by atomic mass is 10.1. The summed E-state index contributed by atoms with van der Waals surface area (Å²) in [6, 6.07) is 9.48. The van der Waals surface area contributed by atoms with Crippen LogP contribution in [-0.4, -0.2) is 11.7 Å². The third-order valence-electron chi connectivity index (χ3n) is 1.51. The number of hydrogen-bond acceptors (Lipinski definition) is 1. The largest absolute Gasteiger partial charge is 0.297 e. The minimum absolute atomic E-state index is 0.0112. The Morgan fingerprint density at radius 2 is 2.00 bits per heavy atom. The van der Waals surface area contributed by atoms with E-state index in [0.717, 1.165) is 5.56 Å². The molecule has 0 bridgehead atoms. The monoisotopic (exact) mass is 246 g/mol. The van der Waals surface area contributed by atoms with Gasteiger partial charge in [0.1, 0.15) is 0 Å². The molecule has 0 aliphatic rings. The molecule has 0 spiro atoms. The average Bonchev–Trinajstić information content (AvgIpc) is 2.17. The van der Waals surface area contributed by atoms with Crippen molar-refractivity contribution in [2.75, 3.05) is 5.88 Å². The number of halogens is 2. The van der Waals surface area contributed by atoms with Crippen LogP contribution in [0.2, 0.25) is 0 Å². The smallest absolute Gasteiger partial charge is 0.165 e. The van der Waals surface area contributed by atoms with Gasteiger partial charge in [-0.05, 0) is 5.56 Å². The van der Waals surface area contributed by atoms with Crippen molar-refractivity contribution in [3.63, 3.8) is 0 Å². The molecular weight excluding hydrogens is 239 g/mol. The van der Waals surface area contributed by atoms with E-state index in [0.29, 0.717) is 0 Å². The molecule has 0 saturated heterocycles. The third-order valence-corrected chi connectivity index (χ3v) is 2.81. The fourth-order valence-electron chi connectivity index (χ4n) is 0.876. The molecule has 1 rings (SSSR count). The zero-order chi connectivity index (χ0) is 8.97. The van der Waals surface area contributed by atoms with E-state index < -0.39 is 0 Å². The highest BCUT2D eigenvalue weighted by Gasteiger charge is 2.14. The molecule has 0 saturated carbocycles. The molecule has 0 heterocycles.